The van der Waals surface area contributed by atoms with Crippen LogP contribution in [-0.2, 0) is 5.41 Å². The van der Waals surface area contributed by atoms with Gasteiger partial charge < -0.3 is 0 Å². The highest BCUT2D eigenvalue weighted by Gasteiger charge is 2.45. The number of nitrogens with zero attached hydrogens (tertiary/aromatic N) is 1. The zero-order chi connectivity index (χ0) is 27.2. The number of unbranched alkanes of at least 4 members (excludes halogenated alkanes) is 5. The van der Waals surface area contributed by atoms with Crippen molar-refractivity contribution < 1.29 is 0 Å². The monoisotopic (exact) mass is 758 g/mol. The summed E-state index contributed by atoms with van der Waals surface area (Å²) in [6.45, 7) is 11.6. The van der Waals surface area contributed by atoms with Gasteiger partial charge in [0.05, 0.1) is 5.69 Å². The summed E-state index contributed by atoms with van der Waals surface area (Å²) in [7, 11) is 0. The van der Waals surface area contributed by atoms with Crippen LogP contribution >= 0.6 is 63.7 Å². The van der Waals surface area contributed by atoms with Gasteiger partial charge in [0.1, 0.15) is 6.47 Å². The Morgan fingerprint density at radius 2 is 1.39 bits per heavy atom. The molecule has 0 radical (unpaired) electrons. The minimum atomic E-state index is -0.243. The molecule has 3 unspecified atom stereocenters. The number of nitrogens with one attached hydrogen (secondary N) is 1. The Morgan fingerprint density at radius 1 is 0.778 bits per heavy atom. The Morgan fingerprint density at radius 3 is 1.94 bits per heavy atom. The topological polar surface area (TPSA) is 45.8 Å². The minimum Gasteiger partial charge on any atom is -0.268 e. The average molecular weight is 762 g/mol. The Kier molecular flexibility index (Phi) is 16.9. The van der Waals surface area contributed by atoms with Gasteiger partial charge in [-0.2, -0.15) is 5.10 Å². The molecule has 1 aromatic rings. The van der Waals surface area contributed by atoms with Gasteiger partial charge in [-0.15, -0.1) is 0 Å². The van der Waals surface area contributed by atoms with Crippen molar-refractivity contribution in [1.29, 1.82) is 0 Å². The number of H-pyrrole nitrogens is 1. The van der Waals surface area contributed by atoms with Gasteiger partial charge in [0.2, 0.25) is 0 Å². The lowest BCUT2D eigenvalue weighted by molar-refractivity contribution is 0.205. The van der Waals surface area contributed by atoms with Crippen LogP contribution in [-0.4, -0.2) is 16.7 Å². The number of hydrogen-bond donors (Lipinski definition) is 1. The fourth-order valence-corrected chi connectivity index (χ4v) is 7.21. The van der Waals surface area contributed by atoms with Crippen molar-refractivity contribution in [2.75, 3.05) is 0 Å². The molecule has 0 spiro atoms. The van der Waals surface area contributed by atoms with E-state index in [2.05, 4.69) is 109 Å². The third-order valence-corrected chi connectivity index (χ3v) is 14.5. The van der Waals surface area contributed by atoms with E-state index in [1.807, 2.05) is 6.07 Å². The van der Waals surface area contributed by atoms with Gasteiger partial charge in [0.25, 0.3) is 5.56 Å². The first-order valence-electron chi connectivity index (χ1n) is 14.3. The number of rotatable bonds is 20. The van der Waals surface area contributed by atoms with Crippen molar-refractivity contribution in [3.05, 3.63) is 28.2 Å². The largest absolute Gasteiger partial charge is 0.268 e. The Labute approximate surface area is 255 Å². The molecule has 1 rings (SSSR count). The summed E-state index contributed by atoms with van der Waals surface area (Å²) in [6.07, 6.45) is 17.8. The van der Waals surface area contributed by atoms with Crippen molar-refractivity contribution in [2.24, 2.45) is 11.8 Å². The molecule has 0 bridgehead atoms. The fraction of sp³-hybridized carbons (Fsp3) is 0.862. The first-order valence-corrected chi connectivity index (χ1v) is 17.4. The molecule has 1 heterocycles. The van der Waals surface area contributed by atoms with Gasteiger partial charge in [-0.3, -0.25) is 4.79 Å². The number of alkyl halides is 4. The van der Waals surface area contributed by atoms with Gasteiger partial charge in [-0.1, -0.05) is 163 Å². The zero-order valence-corrected chi connectivity index (χ0v) is 29.6. The number of aromatic amines is 1. The van der Waals surface area contributed by atoms with Crippen LogP contribution in [0.5, 0.6) is 0 Å². The molecule has 0 amide bonds. The van der Waals surface area contributed by atoms with Crippen molar-refractivity contribution >= 4 is 63.7 Å². The van der Waals surface area contributed by atoms with Gasteiger partial charge >= 0.3 is 0 Å². The molecule has 0 aliphatic heterocycles. The maximum Gasteiger partial charge on any atom is 0.264 e. The summed E-state index contributed by atoms with van der Waals surface area (Å²) >= 11 is 15.9. The second-order valence-corrected chi connectivity index (χ2v) is 18.5. The molecule has 7 heteroatoms. The summed E-state index contributed by atoms with van der Waals surface area (Å²) in [5, 5.41) is 7.36. The molecule has 0 aliphatic rings. The van der Waals surface area contributed by atoms with Crippen LogP contribution in [0.2, 0.25) is 0 Å². The minimum absolute atomic E-state index is 0.0454. The first kappa shape index (κ1) is 34.8. The highest BCUT2D eigenvalue weighted by atomic mass is 79.9. The van der Waals surface area contributed by atoms with Crippen LogP contribution in [0.3, 0.4) is 0 Å². The molecule has 0 fully saturated rings. The lowest BCUT2D eigenvalue weighted by Crippen LogP contribution is -2.38. The predicted molar refractivity (Wildman–Crippen MR) is 172 cm³/mol. The number of hydrogen-bond acceptors (Lipinski definition) is 2. The summed E-state index contributed by atoms with van der Waals surface area (Å²) in [4.78, 5) is 11.8. The fourth-order valence-electron chi connectivity index (χ4n) is 5.30. The highest BCUT2D eigenvalue weighted by Crippen LogP contribution is 2.55. The third-order valence-electron chi connectivity index (χ3n) is 8.12. The second-order valence-electron chi connectivity index (χ2n) is 11.0. The highest BCUT2D eigenvalue weighted by molar-refractivity contribution is 9.30. The lowest BCUT2D eigenvalue weighted by atomic mass is 9.65. The van der Waals surface area contributed by atoms with E-state index in [1.165, 1.54) is 57.8 Å². The van der Waals surface area contributed by atoms with Gasteiger partial charge in [0, 0.05) is 11.5 Å². The van der Waals surface area contributed by atoms with Crippen molar-refractivity contribution in [1.82, 2.24) is 10.2 Å². The standard InChI is InChI=1S/C29H50Br4N2O/c1-6-9-11-12-15-23(4)18-22-27(24(5)8-3,25-16-17-26(36)35-34-25)19-14-21-29(32,33)28(30,31)20-13-10-7-2/h16-17,23-24H,6-15,18-22H2,1-5H3,(H,35,36). The van der Waals surface area contributed by atoms with E-state index in [9.17, 15) is 4.79 Å². The predicted octanol–water partition coefficient (Wildman–Crippen LogP) is 11.2. The van der Waals surface area contributed by atoms with E-state index in [0.717, 1.165) is 44.2 Å². The molecule has 210 valence electrons. The Bertz CT molecular complexity index is 762. The van der Waals surface area contributed by atoms with Gasteiger partial charge in [-0.05, 0) is 50.0 Å². The smallest absolute Gasteiger partial charge is 0.264 e. The molecule has 0 saturated heterocycles. The van der Waals surface area contributed by atoms with Gasteiger partial charge in [0.15, 0.2) is 0 Å². The van der Waals surface area contributed by atoms with Crippen LogP contribution in [0, 0.1) is 11.8 Å². The molecule has 36 heavy (non-hydrogen) atoms. The number of aromatic nitrogens is 2. The first-order chi connectivity index (χ1) is 17.0. The van der Waals surface area contributed by atoms with Crippen LogP contribution in [0.15, 0.2) is 16.9 Å². The molecule has 0 aromatic carbocycles. The van der Waals surface area contributed by atoms with Crippen molar-refractivity contribution in [3.63, 3.8) is 0 Å². The maximum atomic E-state index is 11.8. The quantitative estimate of drug-likeness (QED) is 0.106. The van der Waals surface area contributed by atoms with Crippen molar-refractivity contribution in [2.45, 2.75) is 143 Å². The SMILES string of the molecule is CCCCCCC(C)CCC(CCCC(Br)(Br)C(Br)(Br)CCCCC)(c1ccc(=O)[nH]n1)C(C)CC. The summed E-state index contributed by atoms with van der Waals surface area (Å²) in [6, 6.07) is 3.64. The molecule has 0 aliphatic carbocycles. The second kappa shape index (κ2) is 17.5. The van der Waals surface area contributed by atoms with Crippen molar-refractivity contribution in [3.8, 4) is 0 Å². The van der Waals surface area contributed by atoms with E-state index < -0.39 is 0 Å². The zero-order valence-electron chi connectivity index (χ0n) is 23.3. The molecule has 0 saturated carbocycles. The maximum absolute atomic E-state index is 11.8. The molecule has 1 aromatic heterocycles. The molecular weight excluding hydrogens is 712 g/mol. The lowest BCUT2D eigenvalue weighted by Gasteiger charge is -2.41. The van der Waals surface area contributed by atoms with E-state index in [4.69, 9.17) is 0 Å². The summed E-state index contributed by atoms with van der Waals surface area (Å²) in [5.41, 5.74) is 0.878. The third kappa shape index (κ3) is 11.1. The van der Waals surface area contributed by atoms with Crippen LogP contribution in [0.1, 0.15) is 137 Å². The van der Waals surface area contributed by atoms with Crippen LogP contribution in [0.25, 0.3) is 0 Å². The van der Waals surface area contributed by atoms with E-state index in [0.29, 0.717) is 11.8 Å². The summed E-state index contributed by atoms with van der Waals surface area (Å²) in [5.74, 6) is 1.18. The van der Waals surface area contributed by atoms with E-state index in [1.54, 1.807) is 6.07 Å². The van der Waals surface area contributed by atoms with E-state index >= 15 is 0 Å². The molecular formula is C29H50Br4N2O. The summed E-state index contributed by atoms with van der Waals surface area (Å²) < 4.78 is -0.447. The molecule has 3 atom stereocenters. The average Bonchev–Trinajstić information content (AvgIpc) is 2.84. The Hall–Kier alpha value is 0.800. The van der Waals surface area contributed by atoms with Crippen LogP contribution < -0.4 is 5.56 Å². The molecule has 3 nitrogen and oxygen atoms in total. The Balaban J connectivity index is 3.06. The molecule has 1 N–H and O–H groups in total. The number of halogens is 4. The normalized spacial score (nSPS) is 16.0. The van der Waals surface area contributed by atoms with Crippen LogP contribution in [0.4, 0.5) is 0 Å². The van der Waals surface area contributed by atoms with Gasteiger partial charge in [-0.25, -0.2) is 5.10 Å². The van der Waals surface area contributed by atoms with E-state index in [-0.39, 0.29) is 17.4 Å².